The fraction of sp³-hybridized carbons (Fsp3) is 0.533. The normalized spacial score (nSPS) is 17.4. The molecule has 0 bridgehead atoms. The Morgan fingerprint density at radius 2 is 1.95 bits per heavy atom. The number of ether oxygens (including phenoxy) is 2. The van der Waals surface area contributed by atoms with Crippen LogP contribution in [0.4, 0.5) is 11.4 Å². The lowest BCUT2D eigenvalue weighted by Gasteiger charge is -2.11. The molecule has 1 amide bonds. The van der Waals surface area contributed by atoms with Gasteiger partial charge in [0.2, 0.25) is 12.7 Å². The first-order valence-electron chi connectivity index (χ1n) is 7.21. The van der Waals surface area contributed by atoms with Crippen LogP contribution < -0.4 is 20.5 Å². The molecule has 1 aliphatic carbocycles. The van der Waals surface area contributed by atoms with Gasteiger partial charge in [-0.3, -0.25) is 4.79 Å². The van der Waals surface area contributed by atoms with Gasteiger partial charge in [0.1, 0.15) is 0 Å². The van der Waals surface area contributed by atoms with Gasteiger partial charge in [0.05, 0.1) is 11.4 Å². The molecule has 5 heteroatoms. The summed E-state index contributed by atoms with van der Waals surface area (Å²) in [5.41, 5.74) is 7.02. The van der Waals surface area contributed by atoms with Crippen molar-refractivity contribution in [1.82, 2.24) is 0 Å². The van der Waals surface area contributed by atoms with E-state index in [4.69, 9.17) is 15.2 Å². The summed E-state index contributed by atoms with van der Waals surface area (Å²) in [6.45, 7) is 0.202. The van der Waals surface area contributed by atoms with Crippen LogP contribution in [0.15, 0.2) is 12.1 Å². The smallest absolute Gasteiger partial charge is 0.231 e. The lowest BCUT2D eigenvalue weighted by molar-refractivity contribution is -0.116. The number of rotatable bonds is 4. The largest absolute Gasteiger partial charge is 0.454 e. The number of fused-ring (bicyclic) bond motifs is 1. The highest BCUT2D eigenvalue weighted by molar-refractivity contribution is 5.94. The summed E-state index contributed by atoms with van der Waals surface area (Å²) >= 11 is 0. The summed E-state index contributed by atoms with van der Waals surface area (Å²) in [6, 6.07) is 3.42. The van der Waals surface area contributed by atoms with Gasteiger partial charge in [-0.25, -0.2) is 0 Å². The molecule has 1 aromatic carbocycles. The number of carbonyl (C=O) groups excluding carboxylic acids is 1. The Morgan fingerprint density at radius 1 is 1.25 bits per heavy atom. The molecule has 3 N–H and O–H groups in total. The standard InChI is InChI=1S/C15H20N2O3/c16-11-7-13-14(20-9-19-13)8-12(11)17-15(18)6-5-10-3-1-2-4-10/h7-8,10H,1-6,9,16H2,(H,17,18). The summed E-state index contributed by atoms with van der Waals surface area (Å²) in [5.74, 6) is 1.99. The van der Waals surface area contributed by atoms with E-state index in [1.165, 1.54) is 25.7 Å². The summed E-state index contributed by atoms with van der Waals surface area (Å²) < 4.78 is 10.5. The van der Waals surface area contributed by atoms with Crippen molar-refractivity contribution in [3.63, 3.8) is 0 Å². The number of nitrogens with two attached hydrogens (primary N) is 1. The van der Waals surface area contributed by atoms with Gasteiger partial charge in [0.15, 0.2) is 11.5 Å². The zero-order valence-corrected chi connectivity index (χ0v) is 11.5. The predicted molar refractivity (Wildman–Crippen MR) is 76.8 cm³/mol. The minimum Gasteiger partial charge on any atom is -0.454 e. The van der Waals surface area contributed by atoms with Crippen molar-refractivity contribution in [3.05, 3.63) is 12.1 Å². The highest BCUT2D eigenvalue weighted by atomic mass is 16.7. The fourth-order valence-electron chi connectivity index (χ4n) is 2.91. The van der Waals surface area contributed by atoms with Crippen LogP contribution in [-0.4, -0.2) is 12.7 Å². The summed E-state index contributed by atoms with van der Waals surface area (Å²) in [4.78, 5) is 12.0. The third-order valence-corrected chi connectivity index (χ3v) is 4.07. The van der Waals surface area contributed by atoms with Crippen LogP contribution in [0.25, 0.3) is 0 Å². The molecule has 1 fully saturated rings. The molecule has 0 radical (unpaired) electrons. The molecular weight excluding hydrogens is 256 g/mol. The minimum absolute atomic E-state index is 0.0162. The maximum Gasteiger partial charge on any atom is 0.231 e. The van der Waals surface area contributed by atoms with Crippen LogP contribution in [0.2, 0.25) is 0 Å². The van der Waals surface area contributed by atoms with E-state index in [0.29, 0.717) is 29.3 Å². The molecule has 108 valence electrons. The van der Waals surface area contributed by atoms with E-state index in [-0.39, 0.29) is 12.7 Å². The lowest BCUT2D eigenvalue weighted by atomic mass is 10.0. The molecule has 5 nitrogen and oxygen atoms in total. The van der Waals surface area contributed by atoms with Gasteiger partial charge in [-0.2, -0.15) is 0 Å². The number of hydrogen-bond acceptors (Lipinski definition) is 4. The predicted octanol–water partition coefficient (Wildman–Crippen LogP) is 2.91. The second kappa shape index (κ2) is 5.61. The van der Waals surface area contributed by atoms with Gasteiger partial charge in [-0.15, -0.1) is 0 Å². The highest BCUT2D eigenvalue weighted by Gasteiger charge is 2.19. The molecule has 0 unspecified atom stereocenters. The molecule has 0 spiro atoms. The number of benzene rings is 1. The number of nitrogen functional groups attached to an aromatic ring is 1. The van der Waals surface area contributed by atoms with E-state index in [2.05, 4.69) is 5.32 Å². The van der Waals surface area contributed by atoms with Crippen molar-refractivity contribution in [2.24, 2.45) is 5.92 Å². The molecule has 1 heterocycles. The Hall–Kier alpha value is -1.91. The molecule has 20 heavy (non-hydrogen) atoms. The lowest BCUT2D eigenvalue weighted by Crippen LogP contribution is -2.14. The fourth-order valence-corrected chi connectivity index (χ4v) is 2.91. The number of hydrogen-bond donors (Lipinski definition) is 2. The second-order valence-corrected chi connectivity index (χ2v) is 5.53. The zero-order valence-electron chi connectivity index (χ0n) is 11.5. The first kappa shape index (κ1) is 13.1. The summed E-state index contributed by atoms with van der Waals surface area (Å²) in [5, 5.41) is 2.86. The third kappa shape index (κ3) is 2.81. The summed E-state index contributed by atoms with van der Waals surface area (Å²) in [7, 11) is 0. The Morgan fingerprint density at radius 3 is 2.70 bits per heavy atom. The Bertz CT molecular complexity index is 510. The van der Waals surface area contributed by atoms with Crippen molar-refractivity contribution in [3.8, 4) is 11.5 Å². The maximum absolute atomic E-state index is 12.0. The minimum atomic E-state index is 0.0162. The average molecular weight is 276 g/mol. The SMILES string of the molecule is Nc1cc2c(cc1NC(=O)CCC1CCCC1)OCO2. The van der Waals surface area contributed by atoms with Crippen LogP contribution in [0, 0.1) is 5.92 Å². The molecule has 1 saturated carbocycles. The molecule has 1 aromatic rings. The number of anilines is 2. The van der Waals surface area contributed by atoms with Crippen molar-refractivity contribution in [2.45, 2.75) is 38.5 Å². The van der Waals surface area contributed by atoms with Crippen molar-refractivity contribution in [1.29, 1.82) is 0 Å². The first-order chi connectivity index (χ1) is 9.72. The van der Waals surface area contributed by atoms with Gasteiger partial charge in [0, 0.05) is 18.6 Å². The molecule has 1 aliphatic heterocycles. The Kier molecular flexibility index (Phi) is 3.67. The van der Waals surface area contributed by atoms with Gasteiger partial charge >= 0.3 is 0 Å². The van der Waals surface area contributed by atoms with E-state index in [9.17, 15) is 4.79 Å². The van der Waals surface area contributed by atoms with Gasteiger partial charge < -0.3 is 20.5 Å². The number of carbonyl (C=O) groups is 1. The van der Waals surface area contributed by atoms with E-state index < -0.39 is 0 Å². The highest BCUT2D eigenvalue weighted by Crippen LogP contribution is 2.38. The molecule has 2 aliphatic rings. The first-order valence-corrected chi connectivity index (χ1v) is 7.21. The molecule has 0 atom stereocenters. The maximum atomic E-state index is 12.0. The second-order valence-electron chi connectivity index (χ2n) is 5.53. The quantitative estimate of drug-likeness (QED) is 0.829. The third-order valence-electron chi connectivity index (χ3n) is 4.07. The van der Waals surface area contributed by atoms with Gasteiger partial charge in [0.25, 0.3) is 0 Å². The van der Waals surface area contributed by atoms with Crippen LogP contribution in [0.3, 0.4) is 0 Å². The number of amides is 1. The molecular formula is C15H20N2O3. The van der Waals surface area contributed by atoms with Crippen LogP contribution >= 0.6 is 0 Å². The summed E-state index contributed by atoms with van der Waals surface area (Å²) in [6.07, 6.45) is 6.66. The molecule has 0 saturated heterocycles. The molecule has 3 rings (SSSR count). The Labute approximate surface area is 118 Å². The van der Waals surface area contributed by atoms with Crippen LogP contribution in [0.5, 0.6) is 11.5 Å². The van der Waals surface area contributed by atoms with Crippen molar-refractivity contribution >= 4 is 17.3 Å². The topological polar surface area (TPSA) is 73.6 Å². The van der Waals surface area contributed by atoms with Gasteiger partial charge in [-0.1, -0.05) is 25.7 Å². The van der Waals surface area contributed by atoms with Crippen molar-refractivity contribution < 1.29 is 14.3 Å². The van der Waals surface area contributed by atoms with Crippen molar-refractivity contribution in [2.75, 3.05) is 17.8 Å². The van der Waals surface area contributed by atoms with E-state index in [0.717, 1.165) is 12.3 Å². The zero-order chi connectivity index (χ0) is 13.9. The molecule has 0 aromatic heterocycles. The van der Waals surface area contributed by atoms with Crippen LogP contribution in [-0.2, 0) is 4.79 Å². The van der Waals surface area contributed by atoms with E-state index in [1.54, 1.807) is 12.1 Å². The Balaban J connectivity index is 1.58. The monoisotopic (exact) mass is 276 g/mol. The number of nitrogens with one attached hydrogen (secondary N) is 1. The van der Waals surface area contributed by atoms with E-state index in [1.807, 2.05) is 0 Å². The van der Waals surface area contributed by atoms with Crippen LogP contribution in [0.1, 0.15) is 38.5 Å². The van der Waals surface area contributed by atoms with Gasteiger partial charge in [-0.05, 0) is 12.3 Å². The average Bonchev–Trinajstić information content (AvgIpc) is 3.07. The van der Waals surface area contributed by atoms with E-state index >= 15 is 0 Å².